The molecule has 3 heteroatoms. The van der Waals surface area contributed by atoms with Gasteiger partial charge in [-0.2, -0.15) is 0 Å². The molecule has 0 amide bonds. The number of anilines is 1. The van der Waals surface area contributed by atoms with Gasteiger partial charge in [0.15, 0.2) is 0 Å². The molecule has 98 valence electrons. The second-order valence-corrected chi connectivity index (χ2v) is 5.20. The molecule has 19 heavy (non-hydrogen) atoms. The Morgan fingerprint density at radius 3 is 2.42 bits per heavy atom. The molecule has 0 heterocycles. The van der Waals surface area contributed by atoms with Gasteiger partial charge in [-0.15, -0.1) is 0 Å². The van der Waals surface area contributed by atoms with E-state index >= 15 is 0 Å². The lowest BCUT2D eigenvalue weighted by atomic mass is 10.1. The summed E-state index contributed by atoms with van der Waals surface area (Å²) in [7, 11) is 2.09. The van der Waals surface area contributed by atoms with E-state index in [4.69, 9.17) is 18.0 Å². The average molecular weight is 270 g/mol. The largest absolute Gasteiger partial charge is 0.389 e. The highest BCUT2D eigenvalue weighted by molar-refractivity contribution is 7.80. The Balaban J connectivity index is 2.10. The van der Waals surface area contributed by atoms with Gasteiger partial charge >= 0.3 is 0 Å². The smallest absolute Gasteiger partial charge is 0.103 e. The summed E-state index contributed by atoms with van der Waals surface area (Å²) in [5.74, 6) is 0. The molecule has 0 aromatic heterocycles. The van der Waals surface area contributed by atoms with Crippen molar-refractivity contribution < 1.29 is 0 Å². The van der Waals surface area contributed by atoms with Crippen LogP contribution in [0.3, 0.4) is 0 Å². The van der Waals surface area contributed by atoms with Crippen molar-refractivity contribution in [1.82, 2.24) is 0 Å². The molecule has 0 bridgehead atoms. The van der Waals surface area contributed by atoms with Gasteiger partial charge in [-0.05, 0) is 30.2 Å². The second kappa shape index (κ2) is 5.85. The summed E-state index contributed by atoms with van der Waals surface area (Å²) >= 11 is 4.95. The van der Waals surface area contributed by atoms with Crippen LogP contribution in [-0.4, -0.2) is 12.0 Å². The first-order chi connectivity index (χ1) is 9.06. The number of nitrogens with two attached hydrogens (primary N) is 1. The molecule has 0 spiro atoms. The molecule has 0 saturated carbocycles. The Kier molecular flexibility index (Phi) is 4.17. The van der Waals surface area contributed by atoms with Gasteiger partial charge in [0.2, 0.25) is 0 Å². The van der Waals surface area contributed by atoms with Gasteiger partial charge < -0.3 is 10.6 Å². The van der Waals surface area contributed by atoms with Crippen molar-refractivity contribution in [3.63, 3.8) is 0 Å². The van der Waals surface area contributed by atoms with Crippen molar-refractivity contribution in [3.05, 3.63) is 65.2 Å². The zero-order valence-corrected chi connectivity index (χ0v) is 12.1. The SMILES string of the molecule is Cc1cccc(N(C)Cc2ccc(C(N)=S)cc2)c1. The molecular formula is C16H18N2S. The number of aryl methyl sites for hydroxylation is 1. The van der Waals surface area contributed by atoms with Crippen LogP contribution in [0.4, 0.5) is 5.69 Å². The van der Waals surface area contributed by atoms with E-state index in [-0.39, 0.29) is 0 Å². The Morgan fingerprint density at radius 1 is 1.16 bits per heavy atom. The molecule has 0 unspecified atom stereocenters. The summed E-state index contributed by atoms with van der Waals surface area (Å²) in [4.78, 5) is 2.67. The van der Waals surface area contributed by atoms with Crippen molar-refractivity contribution in [2.45, 2.75) is 13.5 Å². The summed E-state index contributed by atoms with van der Waals surface area (Å²) in [5, 5.41) is 0. The number of nitrogens with zero attached hydrogens (tertiary/aromatic N) is 1. The highest BCUT2D eigenvalue weighted by atomic mass is 32.1. The molecule has 0 aliphatic carbocycles. The average Bonchev–Trinajstić information content (AvgIpc) is 2.39. The van der Waals surface area contributed by atoms with E-state index in [1.54, 1.807) is 0 Å². The molecule has 0 saturated heterocycles. The molecule has 2 nitrogen and oxygen atoms in total. The van der Waals surface area contributed by atoms with Crippen molar-refractivity contribution in [2.75, 3.05) is 11.9 Å². The third-order valence-corrected chi connectivity index (χ3v) is 3.34. The highest BCUT2D eigenvalue weighted by Crippen LogP contribution is 2.17. The minimum Gasteiger partial charge on any atom is -0.389 e. The van der Waals surface area contributed by atoms with E-state index in [1.807, 2.05) is 12.1 Å². The van der Waals surface area contributed by atoms with Crippen molar-refractivity contribution in [2.24, 2.45) is 5.73 Å². The first kappa shape index (κ1) is 13.6. The number of benzene rings is 2. The molecule has 0 atom stereocenters. The molecule has 2 rings (SSSR count). The number of hydrogen-bond acceptors (Lipinski definition) is 2. The van der Waals surface area contributed by atoms with Crippen molar-refractivity contribution in [1.29, 1.82) is 0 Å². The number of hydrogen-bond donors (Lipinski definition) is 1. The van der Waals surface area contributed by atoms with Crippen LogP contribution in [0.15, 0.2) is 48.5 Å². The fourth-order valence-electron chi connectivity index (χ4n) is 2.00. The van der Waals surface area contributed by atoms with Gasteiger partial charge in [-0.1, -0.05) is 48.6 Å². The Hall–Kier alpha value is -1.87. The van der Waals surface area contributed by atoms with Gasteiger partial charge in [-0.3, -0.25) is 0 Å². The van der Waals surface area contributed by atoms with Crippen LogP contribution in [-0.2, 0) is 6.54 Å². The van der Waals surface area contributed by atoms with Gasteiger partial charge in [0.05, 0.1) is 0 Å². The number of thiocarbonyl (C=S) groups is 1. The summed E-state index contributed by atoms with van der Waals surface area (Å²) in [6.45, 7) is 2.97. The van der Waals surface area contributed by atoms with E-state index in [1.165, 1.54) is 16.8 Å². The normalized spacial score (nSPS) is 10.2. The zero-order valence-electron chi connectivity index (χ0n) is 11.3. The van der Waals surface area contributed by atoms with Crippen LogP contribution in [0, 0.1) is 6.92 Å². The molecule has 2 N–H and O–H groups in total. The summed E-state index contributed by atoms with van der Waals surface area (Å²) < 4.78 is 0. The lowest BCUT2D eigenvalue weighted by Gasteiger charge is -2.20. The molecule has 0 fully saturated rings. The fraction of sp³-hybridized carbons (Fsp3) is 0.188. The summed E-state index contributed by atoms with van der Waals surface area (Å²) in [6.07, 6.45) is 0. The quantitative estimate of drug-likeness (QED) is 0.865. The third-order valence-electron chi connectivity index (χ3n) is 3.10. The Labute approximate surface area is 119 Å². The van der Waals surface area contributed by atoms with Crippen LogP contribution in [0.1, 0.15) is 16.7 Å². The van der Waals surface area contributed by atoms with Gasteiger partial charge in [0, 0.05) is 24.8 Å². The Bertz CT molecular complexity index is 576. The second-order valence-electron chi connectivity index (χ2n) is 4.76. The van der Waals surface area contributed by atoms with Crippen LogP contribution < -0.4 is 10.6 Å². The van der Waals surface area contributed by atoms with Crippen LogP contribution in [0.2, 0.25) is 0 Å². The standard InChI is InChI=1S/C16H18N2S/c1-12-4-3-5-15(10-12)18(2)11-13-6-8-14(9-7-13)16(17)19/h3-10H,11H2,1-2H3,(H2,17,19). The molecule has 0 radical (unpaired) electrons. The highest BCUT2D eigenvalue weighted by Gasteiger charge is 2.03. The minimum atomic E-state index is 0.443. The van der Waals surface area contributed by atoms with E-state index in [0.29, 0.717) is 4.99 Å². The van der Waals surface area contributed by atoms with Gasteiger partial charge in [0.1, 0.15) is 4.99 Å². The van der Waals surface area contributed by atoms with Crippen molar-refractivity contribution in [3.8, 4) is 0 Å². The van der Waals surface area contributed by atoms with Crippen molar-refractivity contribution >= 4 is 22.9 Å². The van der Waals surface area contributed by atoms with Crippen LogP contribution in [0.25, 0.3) is 0 Å². The van der Waals surface area contributed by atoms with Crippen LogP contribution >= 0.6 is 12.2 Å². The maximum Gasteiger partial charge on any atom is 0.103 e. The molecule has 2 aromatic carbocycles. The van der Waals surface area contributed by atoms with Crippen LogP contribution in [0.5, 0.6) is 0 Å². The molecule has 2 aromatic rings. The van der Waals surface area contributed by atoms with E-state index in [9.17, 15) is 0 Å². The summed E-state index contributed by atoms with van der Waals surface area (Å²) in [5.41, 5.74) is 10.2. The molecular weight excluding hydrogens is 252 g/mol. The van der Waals surface area contributed by atoms with E-state index in [2.05, 4.69) is 55.3 Å². The predicted molar refractivity (Wildman–Crippen MR) is 85.6 cm³/mol. The van der Waals surface area contributed by atoms with Gasteiger partial charge in [0.25, 0.3) is 0 Å². The minimum absolute atomic E-state index is 0.443. The Morgan fingerprint density at radius 2 is 1.84 bits per heavy atom. The first-order valence-electron chi connectivity index (χ1n) is 6.23. The first-order valence-corrected chi connectivity index (χ1v) is 6.63. The maximum atomic E-state index is 5.59. The van der Waals surface area contributed by atoms with E-state index in [0.717, 1.165) is 12.1 Å². The van der Waals surface area contributed by atoms with Gasteiger partial charge in [-0.25, -0.2) is 0 Å². The predicted octanol–water partition coefficient (Wildman–Crippen LogP) is 3.27. The lowest BCUT2D eigenvalue weighted by molar-refractivity contribution is 0.922. The third kappa shape index (κ3) is 3.55. The molecule has 0 aliphatic heterocycles. The maximum absolute atomic E-state index is 5.59. The monoisotopic (exact) mass is 270 g/mol. The lowest BCUT2D eigenvalue weighted by Crippen LogP contribution is -2.16. The number of rotatable bonds is 4. The zero-order chi connectivity index (χ0) is 13.8. The molecule has 0 aliphatic rings. The fourth-order valence-corrected chi connectivity index (χ4v) is 2.14. The topological polar surface area (TPSA) is 29.3 Å². The summed E-state index contributed by atoms with van der Waals surface area (Å²) in [6, 6.07) is 16.6. The van der Waals surface area contributed by atoms with E-state index < -0.39 is 0 Å².